The fourth-order valence-electron chi connectivity index (χ4n) is 0.785. The van der Waals surface area contributed by atoms with Crippen molar-refractivity contribution in [2.75, 3.05) is 0 Å². The number of nitrogens with zero attached hydrogens (tertiary/aromatic N) is 1. The number of rotatable bonds is 4. The van der Waals surface area contributed by atoms with E-state index in [9.17, 15) is 0 Å². The smallest absolute Gasteiger partial charge is 0.0389 e. The van der Waals surface area contributed by atoms with Crippen molar-refractivity contribution < 1.29 is 0 Å². The minimum atomic E-state index is 0.506. The molecule has 0 aliphatic rings. The maximum atomic E-state index is 4.25. The average Bonchev–Trinajstić information content (AvgIpc) is 1.97. The fraction of sp³-hybridized carbons (Fsp3) is 0.500. The molecule has 0 fully saturated rings. The summed E-state index contributed by atoms with van der Waals surface area (Å²) in [5.41, 5.74) is 1.15. The number of hydrogen-bond acceptors (Lipinski definition) is 1. The summed E-state index contributed by atoms with van der Waals surface area (Å²) in [6.45, 7) is 9.97. The predicted molar refractivity (Wildman–Crippen MR) is 51.9 cm³/mol. The highest BCUT2D eigenvalue weighted by Crippen LogP contribution is 2.10. The zero-order chi connectivity index (χ0) is 8.69. The lowest BCUT2D eigenvalue weighted by atomic mass is 10.1. The Hall–Kier alpha value is -0.850. The second kappa shape index (κ2) is 5.90. The highest BCUT2D eigenvalue weighted by atomic mass is 14.7. The molecule has 0 radical (unpaired) electrons. The Morgan fingerprint density at radius 2 is 2.18 bits per heavy atom. The largest absolute Gasteiger partial charge is 0.261 e. The van der Waals surface area contributed by atoms with Gasteiger partial charge in [-0.15, -0.1) is 0 Å². The van der Waals surface area contributed by atoms with Gasteiger partial charge in [-0.1, -0.05) is 39.5 Å². The molecule has 1 nitrogen and oxygen atoms in total. The van der Waals surface area contributed by atoms with Crippen molar-refractivity contribution in [3.63, 3.8) is 0 Å². The molecule has 0 spiro atoms. The lowest BCUT2D eigenvalue weighted by molar-refractivity contribution is 0.753. The van der Waals surface area contributed by atoms with Crippen LogP contribution in [-0.2, 0) is 0 Å². The summed E-state index contributed by atoms with van der Waals surface area (Å²) in [6.07, 6.45) is 6.63. The normalized spacial score (nSPS) is 12.9. The predicted octanol–water partition coefficient (Wildman–Crippen LogP) is 3.19. The Kier molecular flexibility index (Phi) is 5.44. The van der Waals surface area contributed by atoms with Gasteiger partial charge in [-0.05, 0) is 12.3 Å². The van der Waals surface area contributed by atoms with Crippen molar-refractivity contribution >= 4 is 6.21 Å². The van der Waals surface area contributed by atoms with E-state index in [0.717, 1.165) is 12.1 Å². The van der Waals surface area contributed by atoms with Gasteiger partial charge in [0, 0.05) is 11.9 Å². The van der Waals surface area contributed by atoms with Crippen LogP contribution in [0.4, 0.5) is 0 Å². The molecule has 62 valence electrons. The molecule has 0 aromatic heterocycles. The molecule has 0 heterocycles. The Bertz CT molecular complexity index is 164. The summed E-state index contributed by atoms with van der Waals surface area (Å²) in [5, 5.41) is 0. The van der Waals surface area contributed by atoms with Crippen LogP contribution in [0.2, 0.25) is 0 Å². The molecule has 0 bridgehead atoms. The molecule has 0 amide bonds. The first-order chi connectivity index (χ1) is 5.22. The lowest BCUT2D eigenvalue weighted by Gasteiger charge is -2.03. The molecule has 0 aliphatic carbocycles. The van der Waals surface area contributed by atoms with E-state index in [4.69, 9.17) is 0 Å². The summed E-state index contributed by atoms with van der Waals surface area (Å²) in [7, 11) is 0. The van der Waals surface area contributed by atoms with E-state index in [0.29, 0.717) is 5.92 Å². The maximum absolute atomic E-state index is 4.25. The summed E-state index contributed by atoms with van der Waals surface area (Å²) < 4.78 is 0. The third-order valence-corrected chi connectivity index (χ3v) is 1.33. The first-order valence-electron chi connectivity index (χ1n) is 4.07. The maximum Gasteiger partial charge on any atom is 0.0389 e. The van der Waals surface area contributed by atoms with E-state index < -0.39 is 0 Å². The summed E-state index contributed by atoms with van der Waals surface area (Å²) in [6, 6.07) is 0. The SMILES string of the molecule is C=C/C=N\C(=C/CC)C(C)C. The third-order valence-electron chi connectivity index (χ3n) is 1.33. The van der Waals surface area contributed by atoms with Crippen LogP contribution in [0.15, 0.2) is 29.4 Å². The second-order valence-electron chi connectivity index (χ2n) is 2.71. The number of allylic oxidation sites excluding steroid dienone is 3. The summed E-state index contributed by atoms with van der Waals surface area (Å²) in [5.74, 6) is 0.506. The summed E-state index contributed by atoms with van der Waals surface area (Å²) in [4.78, 5) is 4.25. The minimum absolute atomic E-state index is 0.506. The van der Waals surface area contributed by atoms with Gasteiger partial charge in [-0.2, -0.15) is 0 Å². The van der Waals surface area contributed by atoms with E-state index in [1.165, 1.54) is 0 Å². The van der Waals surface area contributed by atoms with Crippen LogP contribution in [0.5, 0.6) is 0 Å². The van der Waals surface area contributed by atoms with Crippen LogP contribution in [-0.4, -0.2) is 6.21 Å². The van der Waals surface area contributed by atoms with E-state index in [-0.39, 0.29) is 0 Å². The van der Waals surface area contributed by atoms with E-state index >= 15 is 0 Å². The zero-order valence-corrected chi connectivity index (χ0v) is 7.67. The van der Waals surface area contributed by atoms with Crippen molar-refractivity contribution in [1.29, 1.82) is 0 Å². The van der Waals surface area contributed by atoms with Gasteiger partial charge in [0.2, 0.25) is 0 Å². The van der Waals surface area contributed by atoms with Crippen molar-refractivity contribution in [3.8, 4) is 0 Å². The molecule has 0 N–H and O–H groups in total. The number of hydrogen-bond donors (Lipinski definition) is 0. The van der Waals surface area contributed by atoms with Crippen molar-refractivity contribution in [2.24, 2.45) is 10.9 Å². The molecular weight excluding hydrogens is 134 g/mol. The molecule has 0 aromatic carbocycles. The highest BCUT2D eigenvalue weighted by Gasteiger charge is 1.97. The minimum Gasteiger partial charge on any atom is -0.261 e. The summed E-state index contributed by atoms with van der Waals surface area (Å²) >= 11 is 0. The monoisotopic (exact) mass is 151 g/mol. The topological polar surface area (TPSA) is 12.4 Å². The lowest BCUT2D eigenvalue weighted by Crippen LogP contribution is -1.90. The molecule has 0 atom stereocenters. The third kappa shape index (κ3) is 4.54. The van der Waals surface area contributed by atoms with E-state index in [2.05, 4.69) is 38.4 Å². The van der Waals surface area contributed by atoms with Gasteiger partial charge >= 0.3 is 0 Å². The number of aliphatic imine (C=N–C) groups is 1. The zero-order valence-electron chi connectivity index (χ0n) is 7.67. The molecule has 11 heavy (non-hydrogen) atoms. The Morgan fingerprint density at radius 3 is 2.55 bits per heavy atom. The average molecular weight is 151 g/mol. The van der Waals surface area contributed by atoms with E-state index in [1.807, 2.05) is 0 Å². The van der Waals surface area contributed by atoms with Crippen LogP contribution in [0.1, 0.15) is 27.2 Å². The van der Waals surface area contributed by atoms with Gasteiger partial charge in [0.25, 0.3) is 0 Å². The molecule has 0 aliphatic heterocycles. The van der Waals surface area contributed by atoms with Crippen LogP contribution in [0.3, 0.4) is 0 Å². The van der Waals surface area contributed by atoms with Crippen LogP contribution in [0.25, 0.3) is 0 Å². The Labute approximate surface area is 69.5 Å². The van der Waals surface area contributed by atoms with Gasteiger partial charge in [0.05, 0.1) is 0 Å². The first kappa shape index (κ1) is 10.2. The standard InChI is InChI=1S/C10H17N/c1-5-7-10(9(3)4)11-8-6-2/h6-9H,2,5H2,1,3-4H3/b10-7-,11-8-. The van der Waals surface area contributed by atoms with Crippen molar-refractivity contribution in [2.45, 2.75) is 27.2 Å². The second-order valence-corrected chi connectivity index (χ2v) is 2.71. The molecule has 0 saturated carbocycles. The Morgan fingerprint density at radius 1 is 1.55 bits per heavy atom. The molecular formula is C10H17N. The van der Waals surface area contributed by atoms with Crippen LogP contribution < -0.4 is 0 Å². The van der Waals surface area contributed by atoms with E-state index in [1.54, 1.807) is 12.3 Å². The molecule has 1 heteroatoms. The van der Waals surface area contributed by atoms with Gasteiger partial charge in [0.1, 0.15) is 0 Å². The highest BCUT2D eigenvalue weighted by molar-refractivity contribution is 5.71. The Balaban J connectivity index is 4.22. The molecule has 0 rings (SSSR count). The van der Waals surface area contributed by atoms with Gasteiger partial charge < -0.3 is 0 Å². The fourth-order valence-corrected chi connectivity index (χ4v) is 0.785. The van der Waals surface area contributed by atoms with Gasteiger partial charge in [-0.25, -0.2) is 0 Å². The van der Waals surface area contributed by atoms with Crippen molar-refractivity contribution in [1.82, 2.24) is 0 Å². The van der Waals surface area contributed by atoms with Crippen molar-refractivity contribution in [3.05, 3.63) is 24.4 Å². The first-order valence-corrected chi connectivity index (χ1v) is 4.07. The quantitative estimate of drug-likeness (QED) is 0.547. The molecule has 0 saturated heterocycles. The van der Waals surface area contributed by atoms with Gasteiger partial charge in [0.15, 0.2) is 0 Å². The van der Waals surface area contributed by atoms with Crippen LogP contribution >= 0.6 is 0 Å². The van der Waals surface area contributed by atoms with Gasteiger partial charge in [-0.3, -0.25) is 4.99 Å². The molecule has 0 aromatic rings. The molecule has 0 unspecified atom stereocenters. The van der Waals surface area contributed by atoms with Crippen LogP contribution in [0, 0.1) is 5.92 Å².